The number of hydrogen-bond donors (Lipinski definition) is 0. The number of non-ortho nitro benzene ring substituents is 1. The average Bonchev–Trinajstić information content (AvgIpc) is 2.95. The Morgan fingerprint density at radius 2 is 1.73 bits per heavy atom. The van der Waals surface area contributed by atoms with Crippen molar-refractivity contribution in [3.63, 3.8) is 0 Å². The van der Waals surface area contributed by atoms with E-state index < -0.39 is 11.6 Å². The molecule has 41 heavy (non-hydrogen) atoms. The van der Waals surface area contributed by atoms with Gasteiger partial charge in [0, 0.05) is 30.5 Å². The normalized spacial score (nSPS) is 13.4. The lowest BCUT2D eigenvalue weighted by molar-refractivity contribution is -0.384. The second kappa shape index (κ2) is 16.4. The molecule has 222 valence electrons. The van der Waals surface area contributed by atoms with Crippen LogP contribution >= 0.6 is 6.72 Å². The second-order valence-corrected chi connectivity index (χ2v) is 12.2. The highest BCUT2D eigenvalue weighted by molar-refractivity contribution is 8.07. The fourth-order valence-corrected chi connectivity index (χ4v) is 5.67. The molecule has 0 heterocycles. The molecule has 10 nitrogen and oxygen atoms in total. The first-order valence-corrected chi connectivity index (χ1v) is 15.7. The standard InChI is InChI=1S/C29H37N2O8PS/c1-5-37-40(41,39-26-17-15-25(16-18-26)31(32)33)38-22-36-28(20-30(2)3)21-35-29-12-7-6-10-24(29)14-13-23-9-8-11-27(19-23)34-4/h6-12,15-19,28H,5,13-14,20-22H2,1-4H3/t28-,40?/m0/s1. The maximum Gasteiger partial charge on any atom is 0.382 e. The first-order valence-electron chi connectivity index (χ1n) is 13.1. The first-order chi connectivity index (χ1) is 19.7. The molecule has 3 rings (SSSR count). The molecule has 0 saturated carbocycles. The number of ether oxygens (including phenoxy) is 3. The molecule has 0 bridgehead atoms. The van der Waals surface area contributed by atoms with Crippen molar-refractivity contribution in [2.45, 2.75) is 25.9 Å². The van der Waals surface area contributed by atoms with E-state index in [4.69, 9.17) is 39.6 Å². The number of aryl methyl sites for hydroxylation is 2. The maximum absolute atomic E-state index is 10.9. The van der Waals surface area contributed by atoms with Gasteiger partial charge in [0.25, 0.3) is 5.69 Å². The predicted molar refractivity (Wildman–Crippen MR) is 161 cm³/mol. The second-order valence-electron chi connectivity index (χ2n) is 9.28. The van der Waals surface area contributed by atoms with Crippen molar-refractivity contribution >= 4 is 24.2 Å². The largest absolute Gasteiger partial charge is 0.497 e. The zero-order valence-electron chi connectivity index (χ0n) is 23.8. The fraction of sp³-hybridized carbons (Fsp3) is 0.379. The van der Waals surface area contributed by atoms with Crippen LogP contribution in [0.5, 0.6) is 17.2 Å². The number of benzene rings is 3. The lowest BCUT2D eigenvalue weighted by atomic mass is 10.0. The summed E-state index contributed by atoms with van der Waals surface area (Å²) in [6.45, 7) is -0.490. The lowest BCUT2D eigenvalue weighted by Gasteiger charge is -2.25. The summed E-state index contributed by atoms with van der Waals surface area (Å²) in [5, 5.41) is 10.9. The molecule has 2 atom stereocenters. The van der Waals surface area contributed by atoms with Crippen LogP contribution in [0.4, 0.5) is 5.69 Å². The van der Waals surface area contributed by atoms with Gasteiger partial charge in [0.05, 0.1) is 18.6 Å². The molecule has 0 radical (unpaired) electrons. The highest BCUT2D eigenvalue weighted by Crippen LogP contribution is 2.50. The van der Waals surface area contributed by atoms with Crippen molar-refractivity contribution in [2.24, 2.45) is 0 Å². The molecule has 0 spiro atoms. The minimum atomic E-state index is -3.22. The number of rotatable bonds is 18. The third kappa shape index (κ3) is 11.0. The van der Waals surface area contributed by atoms with Crippen LogP contribution in [0.15, 0.2) is 72.8 Å². The third-order valence-electron chi connectivity index (χ3n) is 5.85. The number of para-hydroxylation sites is 1. The van der Waals surface area contributed by atoms with Gasteiger partial charge in [-0.3, -0.25) is 19.2 Å². The van der Waals surface area contributed by atoms with Gasteiger partial charge in [0.2, 0.25) is 0 Å². The highest BCUT2D eigenvalue weighted by Gasteiger charge is 2.24. The van der Waals surface area contributed by atoms with Crippen LogP contribution in [-0.4, -0.2) is 63.7 Å². The lowest BCUT2D eigenvalue weighted by Crippen LogP contribution is -2.34. The van der Waals surface area contributed by atoms with E-state index in [2.05, 4.69) is 12.1 Å². The summed E-state index contributed by atoms with van der Waals surface area (Å²) in [4.78, 5) is 12.4. The Morgan fingerprint density at radius 1 is 0.976 bits per heavy atom. The maximum atomic E-state index is 10.9. The zero-order chi connectivity index (χ0) is 29.7. The van der Waals surface area contributed by atoms with Gasteiger partial charge in [-0.05, 0) is 75.3 Å². The van der Waals surface area contributed by atoms with E-state index >= 15 is 0 Å². The molecule has 0 N–H and O–H groups in total. The summed E-state index contributed by atoms with van der Waals surface area (Å²) in [6.07, 6.45) is 1.32. The van der Waals surface area contributed by atoms with E-state index in [0.717, 1.165) is 29.9 Å². The molecule has 12 heteroatoms. The number of nitrogens with zero attached hydrogens (tertiary/aromatic N) is 2. The molecule has 1 unspecified atom stereocenters. The van der Waals surface area contributed by atoms with E-state index in [1.165, 1.54) is 29.8 Å². The van der Waals surface area contributed by atoms with Crippen LogP contribution in [0.3, 0.4) is 0 Å². The fourth-order valence-electron chi connectivity index (χ4n) is 3.90. The summed E-state index contributed by atoms with van der Waals surface area (Å²) in [5.74, 6) is 1.95. The Hall–Kier alpha value is -3.05. The van der Waals surface area contributed by atoms with Crippen molar-refractivity contribution in [1.82, 2.24) is 4.90 Å². The van der Waals surface area contributed by atoms with E-state index in [9.17, 15) is 10.1 Å². The summed E-state index contributed by atoms with van der Waals surface area (Å²) >= 11 is 5.53. The molecular formula is C29H37N2O8PS. The molecule has 0 saturated heterocycles. The van der Waals surface area contributed by atoms with Crippen molar-refractivity contribution in [3.8, 4) is 17.2 Å². The van der Waals surface area contributed by atoms with Crippen molar-refractivity contribution in [1.29, 1.82) is 0 Å². The quantitative estimate of drug-likeness (QED) is 0.0741. The van der Waals surface area contributed by atoms with E-state index in [-0.39, 0.29) is 25.2 Å². The molecule has 0 fully saturated rings. The predicted octanol–water partition coefficient (Wildman–Crippen LogP) is 6.03. The molecule has 0 aliphatic heterocycles. The number of likely N-dealkylation sites (N-methyl/N-ethyl adjacent to an activating group) is 1. The molecular weight excluding hydrogens is 567 g/mol. The number of hydrogen-bond acceptors (Lipinski definition) is 10. The Balaban J connectivity index is 1.58. The van der Waals surface area contributed by atoms with Crippen LogP contribution in [0.25, 0.3) is 0 Å². The van der Waals surface area contributed by atoms with Crippen LogP contribution in [0.2, 0.25) is 0 Å². The van der Waals surface area contributed by atoms with Crippen molar-refractivity contribution in [3.05, 3.63) is 94.0 Å². The molecule has 0 amide bonds. The molecule has 3 aromatic rings. The summed E-state index contributed by atoms with van der Waals surface area (Å²) in [5.41, 5.74) is 2.23. The molecule has 3 aromatic carbocycles. The number of nitro benzene ring substituents is 1. The summed E-state index contributed by atoms with van der Waals surface area (Å²) < 4.78 is 34.8. The SMILES string of the molecule is CCOP(=S)(OCO[C@H](COc1ccccc1CCc1cccc(OC)c1)CN(C)C)Oc1ccc([N+](=O)[O-])cc1. The van der Waals surface area contributed by atoms with Crippen LogP contribution < -0.4 is 14.0 Å². The zero-order valence-corrected chi connectivity index (χ0v) is 25.5. The van der Waals surface area contributed by atoms with Crippen molar-refractivity contribution in [2.75, 3.05) is 47.8 Å². The van der Waals surface area contributed by atoms with Gasteiger partial charge < -0.3 is 23.6 Å². The van der Waals surface area contributed by atoms with Gasteiger partial charge in [0.1, 0.15) is 30.0 Å². The Bertz CT molecular complexity index is 1290. The van der Waals surface area contributed by atoms with Crippen LogP contribution in [0, 0.1) is 10.1 Å². The summed E-state index contributed by atoms with van der Waals surface area (Å²) in [7, 11) is 5.56. The van der Waals surface area contributed by atoms with E-state index in [1.54, 1.807) is 14.0 Å². The van der Waals surface area contributed by atoms with E-state index in [1.807, 2.05) is 55.4 Å². The monoisotopic (exact) mass is 604 g/mol. The highest BCUT2D eigenvalue weighted by atomic mass is 32.5. The van der Waals surface area contributed by atoms with Crippen LogP contribution in [0.1, 0.15) is 18.1 Å². The van der Waals surface area contributed by atoms with Gasteiger partial charge in [-0.15, -0.1) is 0 Å². The topological polar surface area (TPSA) is 102 Å². The van der Waals surface area contributed by atoms with Gasteiger partial charge in [-0.2, -0.15) is 0 Å². The minimum absolute atomic E-state index is 0.0558. The van der Waals surface area contributed by atoms with Gasteiger partial charge in [-0.25, -0.2) is 0 Å². The minimum Gasteiger partial charge on any atom is -0.497 e. The Kier molecular flexibility index (Phi) is 13.0. The molecule has 0 aliphatic rings. The number of methoxy groups -OCH3 is 1. The number of nitro groups is 1. The summed E-state index contributed by atoms with van der Waals surface area (Å²) in [6, 6.07) is 21.6. The smallest absolute Gasteiger partial charge is 0.382 e. The van der Waals surface area contributed by atoms with Gasteiger partial charge in [0.15, 0.2) is 6.79 Å². The third-order valence-corrected chi connectivity index (χ3v) is 8.14. The van der Waals surface area contributed by atoms with Crippen molar-refractivity contribution < 1.29 is 32.7 Å². The molecule has 0 aliphatic carbocycles. The first kappa shape index (κ1) is 32.5. The molecule has 0 aromatic heterocycles. The van der Waals surface area contributed by atoms with Gasteiger partial charge >= 0.3 is 6.72 Å². The Labute approximate surface area is 246 Å². The Morgan fingerprint density at radius 3 is 2.41 bits per heavy atom. The van der Waals surface area contributed by atoms with Gasteiger partial charge in [-0.1, -0.05) is 30.3 Å². The van der Waals surface area contributed by atoms with E-state index in [0.29, 0.717) is 18.9 Å². The van der Waals surface area contributed by atoms with Crippen LogP contribution in [-0.2, 0) is 38.4 Å². The average molecular weight is 605 g/mol.